The minimum Gasteiger partial charge on any atom is -0.481 e. The fourth-order valence-corrected chi connectivity index (χ4v) is 21.2. The molecule has 0 spiro atoms. The van der Waals surface area contributed by atoms with Crippen molar-refractivity contribution >= 4 is 23.9 Å². The van der Waals surface area contributed by atoms with Crippen LogP contribution in [0.4, 0.5) is 0 Å². The molecule has 4 unspecified atom stereocenters. The monoisotopic (exact) mass is 1750 g/mol. The van der Waals surface area contributed by atoms with E-state index in [1.807, 2.05) is 0 Å². The molecule has 0 saturated carbocycles. The highest BCUT2D eigenvalue weighted by Crippen LogP contribution is 2.43. The molecular weight excluding hydrogens is 1530 g/mol. The lowest BCUT2D eigenvalue weighted by molar-refractivity contribution is -0.151. The molecular formula is C112H220N4O8. The van der Waals surface area contributed by atoms with Crippen molar-refractivity contribution in [3.05, 3.63) is 0 Å². The van der Waals surface area contributed by atoms with Gasteiger partial charge in [0.05, 0.1) is 21.7 Å². The molecule has 1 aliphatic rings. The first-order chi connectivity index (χ1) is 60.6. The maximum atomic E-state index is 13.4. The third kappa shape index (κ3) is 64.5. The van der Waals surface area contributed by atoms with Gasteiger partial charge in [0.1, 0.15) is 0 Å². The van der Waals surface area contributed by atoms with Crippen LogP contribution in [0, 0.1) is 21.7 Å². The fraction of sp³-hybridized carbons (Fsp3) is 0.964. The summed E-state index contributed by atoms with van der Waals surface area (Å²) in [7, 11) is 0. The Balaban J connectivity index is 3.41. The molecule has 0 bridgehead atoms. The van der Waals surface area contributed by atoms with Crippen molar-refractivity contribution in [2.75, 3.05) is 78.5 Å². The second-order valence-corrected chi connectivity index (χ2v) is 41.3. The fourth-order valence-electron chi connectivity index (χ4n) is 21.2. The zero-order valence-corrected chi connectivity index (χ0v) is 85.1. The predicted molar refractivity (Wildman–Crippen MR) is 539 cm³/mol. The first kappa shape index (κ1) is 120. The van der Waals surface area contributed by atoms with Gasteiger partial charge in [-0.15, -0.1) is 0 Å². The normalized spacial score (nSPS) is 15.0. The molecule has 1 heterocycles. The average Bonchev–Trinajstić information content (AvgIpc) is 0.861. The van der Waals surface area contributed by atoms with E-state index in [2.05, 4.69) is 75.0 Å². The number of carboxylic acids is 4. The summed E-state index contributed by atoms with van der Waals surface area (Å²) in [5, 5.41) is 44.2. The van der Waals surface area contributed by atoms with E-state index in [9.17, 15) is 39.6 Å². The van der Waals surface area contributed by atoms with Crippen LogP contribution < -0.4 is 0 Å². The molecule has 1 rings (SSSR count). The minimum absolute atomic E-state index is 0.538. The second-order valence-electron chi connectivity index (χ2n) is 41.3. The lowest BCUT2D eigenvalue weighted by Crippen LogP contribution is -2.50. The number of hydrogen-bond acceptors (Lipinski definition) is 8. The summed E-state index contributed by atoms with van der Waals surface area (Å²) in [6.07, 6.45) is 96.0. The van der Waals surface area contributed by atoms with Crippen LogP contribution in [0.1, 0.15) is 595 Å². The molecule has 1 fully saturated rings. The molecule has 1 aliphatic heterocycles. The van der Waals surface area contributed by atoms with Crippen molar-refractivity contribution in [2.45, 2.75) is 595 Å². The molecule has 12 heteroatoms. The molecule has 12 nitrogen and oxygen atoms in total. The Labute approximate surface area is 773 Å². The Kier molecular flexibility index (Phi) is 83.2. The minimum atomic E-state index is -0.588. The quantitative estimate of drug-likeness (QED) is 0.0427. The van der Waals surface area contributed by atoms with Crippen molar-refractivity contribution < 1.29 is 39.6 Å². The van der Waals surface area contributed by atoms with Gasteiger partial charge in [-0.25, -0.2) is 0 Å². The molecule has 0 radical (unpaired) electrons. The lowest BCUT2D eigenvalue weighted by Gasteiger charge is -2.37. The largest absolute Gasteiger partial charge is 0.481 e. The standard InChI is InChI=1S/C112H220N4O8/c1-9-17-25-33-41-45-53-69-85-109(105(117)118,81-65-49-37-29-21-13-5)89-73-57-61-77-93-113(94-78-62-58-74-90-110(106(119)120,82-66-50-38-30-22-14-6)86-70-54-46-42-34-26-18-10-2)97-99-115-101-103-116(104-102-115)100-98-114(95-79-63-59-75-91-111(107(121)122,83-67-51-39-31-23-15-7)87-71-55-47-43-35-27-19-11-3)96-80-64-60-76-92-112(108(123)124,84-68-52-40-32-24-16-8)88-72-56-48-44-36-28-20-12-4/h9-104H2,1-8H3,(H,117,118)(H,119,120)(H,121,122)(H,123,124). The maximum Gasteiger partial charge on any atom is 0.309 e. The number of carboxylic acid groups (broad SMARTS) is 4. The van der Waals surface area contributed by atoms with Gasteiger partial charge in [0, 0.05) is 52.4 Å². The van der Waals surface area contributed by atoms with Crippen molar-refractivity contribution in [3.8, 4) is 0 Å². The van der Waals surface area contributed by atoms with Crippen molar-refractivity contribution in [2.24, 2.45) is 21.7 Å². The van der Waals surface area contributed by atoms with E-state index in [0.717, 1.165) is 361 Å². The Morgan fingerprint density at radius 3 is 0.411 bits per heavy atom. The Bertz CT molecular complexity index is 2020. The zero-order valence-electron chi connectivity index (χ0n) is 85.1. The van der Waals surface area contributed by atoms with Gasteiger partial charge < -0.3 is 30.2 Å². The van der Waals surface area contributed by atoms with Crippen LogP contribution in [0.25, 0.3) is 0 Å². The Hall–Kier alpha value is -2.28. The van der Waals surface area contributed by atoms with Crippen LogP contribution in [0.2, 0.25) is 0 Å². The summed E-state index contributed by atoms with van der Waals surface area (Å²) in [5.74, 6) is -2.15. The third-order valence-electron chi connectivity index (χ3n) is 30.3. The number of nitrogens with zero attached hydrogens (tertiary/aromatic N) is 4. The molecule has 4 N–H and O–H groups in total. The van der Waals surface area contributed by atoms with E-state index in [1.54, 1.807) is 0 Å². The summed E-state index contributed by atoms with van der Waals surface area (Å²) in [6.45, 7) is 31.2. The van der Waals surface area contributed by atoms with Crippen LogP contribution in [-0.4, -0.2) is 142 Å². The lowest BCUT2D eigenvalue weighted by atomic mass is 9.74. The van der Waals surface area contributed by atoms with Crippen LogP contribution in [0.5, 0.6) is 0 Å². The van der Waals surface area contributed by atoms with E-state index in [-0.39, 0.29) is 0 Å². The number of piperazine rings is 1. The predicted octanol–water partition coefficient (Wildman–Crippen LogP) is 34.4. The van der Waals surface area contributed by atoms with E-state index < -0.39 is 45.5 Å². The summed E-state index contributed by atoms with van der Waals surface area (Å²) < 4.78 is 0. The first-order valence-electron chi connectivity index (χ1n) is 56.4. The van der Waals surface area contributed by atoms with Crippen LogP contribution >= 0.6 is 0 Å². The van der Waals surface area contributed by atoms with Gasteiger partial charge >= 0.3 is 23.9 Å². The summed E-state index contributed by atoms with van der Waals surface area (Å²) >= 11 is 0. The molecule has 4 atom stereocenters. The highest BCUT2D eigenvalue weighted by molar-refractivity contribution is 5.76. The van der Waals surface area contributed by atoms with Gasteiger partial charge in [0.25, 0.3) is 0 Å². The van der Waals surface area contributed by atoms with Gasteiger partial charge in [0.2, 0.25) is 0 Å². The third-order valence-corrected chi connectivity index (χ3v) is 30.3. The zero-order chi connectivity index (χ0) is 90.5. The number of carbonyl (C=O) groups is 4. The summed E-state index contributed by atoms with van der Waals surface area (Å²) in [5.41, 5.74) is -2.35. The van der Waals surface area contributed by atoms with Crippen LogP contribution in [0.15, 0.2) is 0 Å². The first-order valence-corrected chi connectivity index (χ1v) is 56.4. The highest BCUT2D eigenvalue weighted by Gasteiger charge is 2.40. The summed E-state index contributed by atoms with van der Waals surface area (Å²) in [4.78, 5) is 64.8. The van der Waals surface area contributed by atoms with Gasteiger partial charge in [-0.1, -0.05) is 492 Å². The average molecular weight is 1750 g/mol. The molecule has 0 amide bonds. The van der Waals surface area contributed by atoms with Crippen molar-refractivity contribution in [3.63, 3.8) is 0 Å². The van der Waals surface area contributed by atoms with Crippen molar-refractivity contribution in [1.82, 2.24) is 19.6 Å². The van der Waals surface area contributed by atoms with E-state index in [1.165, 1.54) is 257 Å². The maximum absolute atomic E-state index is 13.4. The van der Waals surface area contributed by atoms with E-state index >= 15 is 0 Å². The van der Waals surface area contributed by atoms with Gasteiger partial charge in [0.15, 0.2) is 0 Å². The van der Waals surface area contributed by atoms with Gasteiger partial charge in [-0.05, 0) is 129 Å². The van der Waals surface area contributed by atoms with E-state index in [4.69, 9.17) is 0 Å². The molecule has 0 aliphatic carbocycles. The molecule has 0 aromatic carbocycles. The number of hydrogen-bond donors (Lipinski definition) is 4. The van der Waals surface area contributed by atoms with E-state index in [0.29, 0.717) is 0 Å². The topological polar surface area (TPSA) is 162 Å². The number of unbranched alkanes of at least 4 members (excludes halogenated alkanes) is 60. The summed E-state index contributed by atoms with van der Waals surface area (Å²) in [6, 6.07) is 0. The SMILES string of the molecule is CCCCCCCCCCC(CCCCCCCC)(CCCCCCN(CCCCCCC(CCCCCCCC)(CCCCCCCCCC)C(=O)O)CCN1CCN(CCN(CCCCCCC(CCCCCCCC)(CCCCCCCCCC)C(=O)O)CCCCCCC(CCCCCCCC)(CCCCCCCCCC)C(=O)O)CC1)C(=O)O. The van der Waals surface area contributed by atoms with Crippen LogP contribution in [-0.2, 0) is 19.2 Å². The number of aliphatic carboxylic acids is 4. The highest BCUT2D eigenvalue weighted by atomic mass is 16.4. The molecule has 736 valence electrons. The Morgan fingerprint density at radius 2 is 0.290 bits per heavy atom. The molecule has 0 aromatic rings. The van der Waals surface area contributed by atoms with Crippen molar-refractivity contribution in [1.29, 1.82) is 0 Å². The van der Waals surface area contributed by atoms with Gasteiger partial charge in [-0.2, -0.15) is 0 Å². The second kappa shape index (κ2) is 86.1. The Morgan fingerprint density at radius 1 is 0.177 bits per heavy atom. The van der Waals surface area contributed by atoms with Gasteiger partial charge in [-0.3, -0.25) is 29.0 Å². The number of rotatable bonds is 102. The molecule has 1 saturated heterocycles. The smallest absolute Gasteiger partial charge is 0.309 e. The molecule has 0 aromatic heterocycles. The molecule has 124 heavy (non-hydrogen) atoms. The van der Waals surface area contributed by atoms with Crippen LogP contribution in [0.3, 0.4) is 0 Å².